The average Bonchev–Trinajstić information content (AvgIpc) is 2.39. The lowest BCUT2D eigenvalue weighted by molar-refractivity contribution is 0.669. The normalized spacial score (nSPS) is 12.4. The topological polar surface area (TPSA) is 28.2 Å². The zero-order valence-electron chi connectivity index (χ0n) is 11.9. The van der Waals surface area contributed by atoms with Crippen LogP contribution in [-0.4, -0.2) is 36.6 Å². The average molecular weight is 267 g/mol. The van der Waals surface area contributed by atoms with Crippen molar-refractivity contribution in [2.24, 2.45) is 0 Å². The molecule has 0 aliphatic heterocycles. The van der Waals surface area contributed by atoms with Gasteiger partial charge in [0, 0.05) is 31.6 Å². The Balaban J connectivity index is 2.73. The molecule has 1 aromatic rings. The van der Waals surface area contributed by atoms with E-state index >= 15 is 0 Å². The summed E-state index contributed by atoms with van der Waals surface area (Å²) in [5.41, 5.74) is 2.57. The second-order valence-electron chi connectivity index (χ2n) is 4.60. The minimum absolute atomic E-state index is 0.522. The van der Waals surface area contributed by atoms with Gasteiger partial charge in [0.05, 0.1) is 11.9 Å². The summed E-state index contributed by atoms with van der Waals surface area (Å²) in [6.45, 7) is 6.42. The van der Waals surface area contributed by atoms with Gasteiger partial charge in [-0.15, -0.1) is 0 Å². The van der Waals surface area contributed by atoms with Crippen LogP contribution in [0, 0.1) is 0 Å². The number of aromatic nitrogens is 1. The Morgan fingerprint density at radius 1 is 1.50 bits per heavy atom. The Morgan fingerprint density at radius 2 is 2.28 bits per heavy atom. The smallest absolute Gasteiger partial charge is 0.0598 e. The van der Waals surface area contributed by atoms with Crippen molar-refractivity contribution < 1.29 is 0 Å². The molecule has 0 spiro atoms. The van der Waals surface area contributed by atoms with E-state index in [0.29, 0.717) is 6.04 Å². The van der Waals surface area contributed by atoms with Crippen LogP contribution in [0.1, 0.15) is 25.8 Å². The first-order valence-corrected chi connectivity index (χ1v) is 7.95. The molecule has 0 saturated carbocycles. The van der Waals surface area contributed by atoms with Gasteiger partial charge in [0.2, 0.25) is 0 Å². The molecule has 3 nitrogen and oxygen atoms in total. The molecule has 1 rings (SSSR count). The van der Waals surface area contributed by atoms with Crippen molar-refractivity contribution in [3.05, 3.63) is 24.0 Å². The summed E-state index contributed by atoms with van der Waals surface area (Å²) in [5, 5.41) is 3.46. The second kappa shape index (κ2) is 8.38. The van der Waals surface area contributed by atoms with E-state index < -0.39 is 0 Å². The molecule has 102 valence electrons. The van der Waals surface area contributed by atoms with Gasteiger partial charge in [-0.1, -0.05) is 6.92 Å². The van der Waals surface area contributed by atoms with Gasteiger partial charge in [0.25, 0.3) is 0 Å². The zero-order valence-corrected chi connectivity index (χ0v) is 12.8. The van der Waals surface area contributed by atoms with Crippen LogP contribution in [0.4, 0.5) is 5.69 Å². The van der Waals surface area contributed by atoms with Crippen LogP contribution in [0.15, 0.2) is 18.5 Å². The number of hydrogen-bond donors (Lipinski definition) is 1. The molecule has 1 unspecified atom stereocenters. The highest BCUT2D eigenvalue weighted by Crippen LogP contribution is 2.20. The van der Waals surface area contributed by atoms with E-state index in [0.717, 1.165) is 18.8 Å². The van der Waals surface area contributed by atoms with E-state index in [9.17, 15) is 0 Å². The molecule has 1 atom stereocenters. The van der Waals surface area contributed by atoms with Crippen molar-refractivity contribution >= 4 is 17.4 Å². The second-order valence-corrected chi connectivity index (χ2v) is 5.51. The molecule has 0 bridgehead atoms. The van der Waals surface area contributed by atoms with E-state index in [4.69, 9.17) is 0 Å². The number of nitrogens with one attached hydrogen (secondary N) is 1. The highest BCUT2D eigenvalue weighted by molar-refractivity contribution is 7.98. The van der Waals surface area contributed by atoms with Gasteiger partial charge in [0.1, 0.15) is 0 Å². The van der Waals surface area contributed by atoms with Crippen molar-refractivity contribution in [2.75, 3.05) is 30.5 Å². The molecule has 1 aromatic heterocycles. The maximum Gasteiger partial charge on any atom is 0.0598 e. The molecule has 0 aromatic carbocycles. The SMILES string of the molecule is CCCNCc1ccncc1N(C)C(C)CSC. The van der Waals surface area contributed by atoms with Gasteiger partial charge in [-0.2, -0.15) is 11.8 Å². The summed E-state index contributed by atoms with van der Waals surface area (Å²) in [4.78, 5) is 6.59. The third-order valence-corrected chi connectivity index (χ3v) is 3.89. The molecule has 0 saturated heterocycles. The first-order chi connectivity index (χ1) is 8.70. The van der Waals surface area contributed by atoms with E-state index in [1.54, 1.807) is 0 Å². The summed E-state index contributed by atoms with van der Waals surface area (Å²) in [7, 11) is 2.15. The Morgan fingerprint density at radius 3 is 2.94 bits per heavy atom. The van der Waals surface area contributed by atoms with Gasteiger partial charge in [-0.25, -0.2) is 0 Å². The fraction of sp³-hybridized carbons (Fsp3) is 0.643. The standard InChI is InChI=1S/C14H25N3S/c1-5-7-15-9-13-6-8-16-10-14(13)17(3)12(2)11-18-4/h6,8,10,12,15H,5,7,9,11H2,1-4H3. The molecular weight excluding hydrogens is 242 g/mol. The molecule has 18 heavy (non-hydrogen) atoms. The van der Waals surface area contributed by atoms with E-state index in [1.165, 1.54) is 17.7 Å². The van der Waals surface area contributed by atoms with Gasteiger partial charge in [0.15, 0.2) is 0 Å². The van der Waals surface area contributed by atoms with Gasteiger partial charge in [-0.05, 0) is 37.8 Å². The molecular formula is C14H25N3S. The fourth-order valence-electron chi connectivity index (χ4n) is 1.87. The number of nitrogens with zero attached hydrogens (tertiary/aromatic N) is 2. The summed E-state index contributed by atoms with van der Waals surface area (Å²) in [6, 6.07) is 2.63. The summed E-state index contributed by atoms with van der Waals surface area (Å²) >= 11 is 1.88. The quantitative estimate of drug-likeness (QED) is 0.733. The van der Waals surface area contributed by atoms with Crippen LogP contribution in [0.25, 0.3) is 0 Å². The minimum Gasteiger partial charge on any atom is -0.370 e. The highest BCUT2D eigenvalue weighted by Gasteiger charge is 2.12. The van der Waals surface area contributed by atoms with Crippen LogP contribution in [0.5, 0.6) is 0 Å². The van der Waals surface area contributed by atoms with Crippen LogP contribution < -0.4 is 10.2 Å². The van der Waals surface area contributed by atoms with Crippen molar-refractivity contribution in [1.29, 1.82) is 0 Å². The highest BCUT2D eigenvalue weighted by atomic mass is 32.2. The fourth-order valence-corrected chi connectivity index (χ4v) is 2.58. The monoisotopic (exact) mass is 267 g/mol. The molecule has 0 aliphatic carbocycles. The number of hydrogen-bond acceptors (Lipinski definition) is 4. The molecule has 4 heteroatoms. The first-order valence-electron chi connectivity index (χ1n) is 6.56. The summed E-state index contributed by atoms with van der Waals surface area (Å²) < 4.78 is 0. The van der Waals surface area contributed by atoms with Crippen LogP contribution in [0.3, 0.4) is 0 Å². The molecule has 1 N–H and O–H groups in total. The molecule has 0 amide bonds. The van der Waals surface area contributed by atoms with Crippen molar-refractivity contribution in [2.45, 2.75) is 32.9 Å². The van der Waals surface area contributed by atoms with Gasteiger partial charge >= 0.3 is 0 Å². The lowest BCUT2D eigenvalue weighted by Crippen LogP contribution is -2.32. The third-order valence-electron chi connectivity index (χ3n) is 3.08. The Kier molecular flexibility index (Phi) is 7.13. The number of pyridine rings is 1. The predicted molar refractivity (Wildman–Crippen MR) is 82.5 cm³/mol. The number of rotatable bonds is 8. The zero-order chi connectivity index (χ0) is 13.4. The Labute approximate surface area is 115 Å². The maximum atomic E-state index is 4.26. The Bertz CT molecular complexity index is 344. The number of anilines is 1. The lowest BCUT2D eigenvalue weighted by atomic mass is 10.2. The molecule has 0 radical (unpaired) electrons. The van der Waals surface area contributed by atoms with Crippen LogP contribution in [0.2, 0.25) is 0 Å². The van der Waals surface area contributed by atoms with E-state index in [1.807, 2.05) is 24.2 Å². The van der Waals surface area contributed by atoms with E-state index in [-0.39, 0.29) is 0 Å². The minimum atomic E-state index is 0.522. The maximum absolute atomic E-state index is 4.26. The van der Waals surface area contributed by atoms with Gasteiger partial charge in [-0.3, -0.25) is 4.98 Å². The van der Waals surface area contributed by atoms with E-state index in [2.05, 4.69) is 48.4 Å². The molecule has 1 heterocycles. The van der Waals surface area contributed by atoms with Crippen molar-refractivity contribution in [3.63, 3.8) is 0 Å². The van der Waals surface area contributed by atoms with Crippen LogP contribution in [-0.2, 0) is 6.54 Å². The third kappa shape index (κ3) is 4.50. The van der Waals surface area contributed by atoms with Gasteiger partial charge < -0.3 is 10.2 Å². The lowest BCUT2D eigenvalue weighted by Gasteiger charge is -2.28. The summed E-state index contributed by atoms with van der Waals surface area (Å²) in [5.74, 6) is 1.13. The largest absolute Gasteiger partial charge is 0.370 e. The molecule has 0 aliphatic rings. The summed E-state index contributed by atoms with van der Waals surface area (Å²) in [6.07, 6.45) is 7.16. The molecule has 0 fully saturated rings. The van der Waals surface area contributed by atoms with Crippen molar-refractivity contribution in [3.8, 4) is 0 Å². The number of thioether (sulfide) groups is 1. The van der Waals surface area contributed by atoms with Crippen molar-refractivity contribution in [1.82, 2.24) is 10.3 Å². The predicted octanol–water partition coefficient (Wildman–Crippen LogP) is 2.77. The Hall–Kier alpha value is -0.740. The van der Waals surface area contributed by atoms with Crippen LogP contribution >= 0.6 is 11.8 Å². The first kappa shape index (κ1) is 15.3.